The molecule has 10 heteroatoms. The second-order valence-electron chi connectivity index (χ2n) is 9.09. The molecular weight excluding hydrogens is 511 g/mol. The molecule has 1 aromatic rings. The van der Waals surface area contributed by atoms with Crippen LogP contribution in [0, 0.1) is 5.92 Å². The molecule has 31 heavy (non-hydrogen) atoms. The Morgan fingerprint density at radius 2 is 1.87 bits per heavy atom. The summed E-state index contributed by atoms with van der Waals surface area (Å²) in [6.45, 7) is 12.7. The molecule has 0 bridgehead atoms. The summed E-state index contributed by atoms with van der Waals surface area (Å²) in [5, 5.41) is 7.54. The van der Waals surface area contributed by atoms with Gasteiger partial charge in [-0.2, -0.15) is 0 Å². The van der Waals surface area contributed by atoms with Crippen LogP contribution in [-0.4, -0.2) is 90.4 Å². The van der Waals surface area contributed by atoms with Gasteiger partial charge in [0.2, 0.25) is 0 Å². The van der Waals surface area contributed by atoms with Crippen LogP contribution in [0.2, 0.25) is 0 Å². The maximum Gasteiger partial charge on any atom is 0.410 e. The van der Waals surface area contributed by atoms with Gasteiger partial charge in [0.1, 0.15) is 11.9 Å². The summed E-state index contributed by atoms with van der Waals surface area (Å²) in [4.78, 5) is 23.2. The van der Waals surface area contributed by atoms with Gasteiger partial charge >= 0.3 is 6.09 Å². The number of guanidine groups is 1. The zero-order valence-electron chi connectivity index (χ0n) is 19.2. The van der Waals surface area contributed by atoms with Gasteiger partial charge in [0.05, 0.1) is 5.69 Å². The molecule has 0 saturated carbocycles. The van der Waals surface area contributed by atoms with Gasteiger partial charge in [-0.3, -0.25) is 9.89 Å². The van der Waals surface area contributed by atoms with Crippen molar-refractivity contribution >= 4 is 36.0 Å². The SMILES string of the molecule is CN=C(NCC1CCN(C(=O)OC(C)(C)C)CC1)N1CCN(Cc2ccon2)CC1.I. The van der Waals surface area contributed by atoms with E-state index in [0.29, 0.717) is 5.92 Å². The van der Waals surface area contributed by atoms with E-state index in [1.165, 1.54) is 0 Å². The Morgan fingerprint density at radius 3 is 2.42 bits per heavy atom. The zero-order valence-corrected chi connectivity index (χ0v) is 21.5. The number of likely N-dealkylation sites (tertiary alicyclic amines) is 1. The predicted molar refractivity (Wildman–Crippen MR) is 131 cm³/mol. The number of halogens is 1. The number of hydrogen-bond donors (Lipinski definition) is 1. The van der Waals surface area contributed by atoms with E-state index in [4.69, 9.17) is 9.26 Å². The van der Waals surface area contributed by atoms with E-state index in [2.05, 4.69) is 25.3 Å². The lowest BCUT2D eigenvalue weighted by Crippen LogP contribution is -2.53. The third-order valence-corrected chi connectivity index (χ3v) is 5.58. The number of carbonyl (C=O) groups is 1. The molecule has 0 radical (unpaired) electrons. The van der Waals surface area contributed by atoms with E-state index in [0.717, 1.165) is 76.9 Å². The molecule has 1 amide bonds. The lowest BCUT2D eigenvalue weighted by Gasteiger charge is -2.37. The summed E-state index contributed by atoms with van der Waals surface area (Å²) in [6, 6.07) is 1.92. The van der Waals surface area contributed by atoms with E-state index < -0.39 is 5.60 Å². The van der Waals surface area contributed by atoms with Crippen LogP contribution >= 0.6 is 24.0 Å². The number of piperidine rings is 1. The van der Waals surface area contributed by atoms with E-state index in [1.807, 2.05) is 38.8 Å². The standard InChI is InChI=1S/C21H36N6O3.HI/c1-21(2,3)30-20(28)27-8-5-17(6-9-27)15-23-19(22-4)26-12-10-25(11-13-26)16-18-7-14-29-24-18;/h7,14,17H,5-6,8-13,15-16H2,1-4H3,(H,22,23);1H. The summed E-state index contributed by atoms with van der Waals surface area (Å²) in [5.41, 5.74) is 0.532. The molecule has 2 fully saturated rings. The molecule has 2 aliphatic heterocycles. The first-order valence-corrected chi connectivity index (χ1v) is 10.9. The quantitative estimate of drug-likeness (QED) is 0.352. The number of ether oxygens (including phenoxy) is 1. The van der Waals surface area contributed by atoms with Crippen LogP contribution in [0.4, 0.5) is 4.79 Å². The van der Waals surface area contributed by atoms with Crippen LogP contribution < -0.4 is 5.32 Å². The van der Waals surface area contributed by atoms with Crippen LogP contribution in [0.15, 0.2) is 21.8 Å². The van der Waals surface area contributed by atoms with Crippen molar-refractivity contribution in [3.05, 3.63) is 18.0 Å². The van der Waals surface area contributed by atoms with Gasteiger partial charge in [0, 0.05) is 65.5 Å². The number of nitrogens with zero attached hydrogens (tertiary/aromatic N) is 5. The first-order chi connectivity index (χ1) is 14.3. The first-order valence-electron chi connectivity index (χ1n) is 10.9. The van der Waals surface area contributed by atoms with Crippen LogP contribution in [0.5, 0.6) is 0 Å². The predicted octanol–water partition coefficient (Wildman–Crippen LogP) is 2.63. The fraction of sp³-hybridized carbons (Fsp3) is 0.762. The second-order valence-corrected chi connectivity index (χ2v) is 9.09. The molecule has 176 valence electrons. The molecule has 9 nitrogen and oxygen atoms in total. The molecule has 3 heterocycles. The molecule has 3 rings (SSSR count). The van der Waals surface area contributed by atoms with Gasteiger partial charge in [-0.05, 0) is 39.5 Å². The summed E-state index contributed by atoms with van der Waals surface area (Å²) in [6.07, 6.45) is 3.38. The molecule has 1 N–H and O–H groups in total. The third kappa shape index (κ3) is 8.13. The topological polar surface area (TPSA) is 86.4 Å². The number of rotatable bonds is 4. The monoisotopic (exact) mass is 548 g/mol. The van der Waals surface area contributed by atoms with E-state index in [-0.39, 0.29) is 30.1 Å². The van der Waals surface area contributed by atoms with Gasteiger partial charge in [0.15, 0.2) is 5.96 Å². The van der Waals surface area contributed by atoms with Crippen LogP contribution in [0.25, 0.3) is 0 Å². The maximum atomic E-state index is 12.2. The maximum absolute atomic E-state index is 12.2. The van der Waals surface area contributed by atoms with Crippen LogP contribution in [0.3, 0.4) is 0 Å². The average molecular weight is 548 g/mol. The highest BCUT2D eigenvalue weighted by Gasteiger charge is 2.27. The van der Waals surface area contributed by atoms with Crippen molar-refractivity contribution in [1.82, 2.24) is 25.2 Å². The Hall–Kier alpha value is -1.56. The summed E-state index contributed by atoms with van der Waals surface area (Å²) >= 11 is 0. The van der Waals surface area contributed by atoms with Crippen molar-refractivity contribution in [3.8, 4) is 0 Å². The Kier molecular flexibility index (Phi) is 9.86. The Morgan fingerprint density at radius 1 is 1.19 bits per heavy atom. The normalized spacial score (nSPS) is 19.2. The summed E-state index contributed by atoms with van der Waals surface area (Å²) in [5.74, 6) is 1.50. The van der Waals surface area contributed by atoms with E-state index >= 15 is 0 Å². The highest BCUT2D eigenvalue weighted by Crippen LogP contribution is 2.19. The first kappa shape index (κ1) is 25.7. The molecule has 0 spiro atoms. The molecular formula is C21H37IN6O3. The molecule has 2 aliphatic rings. The number of aromatic nitrogens is 1. The molecule has 1 aromatic heterocycles. The molecule has 0 aliphatic carbocycles. The number of amides is 1. The van der Waals surface area contributed by atoms with E-state index in [9.17, 15) is 4.79 Å². The summed E-state index contributed by atoms with van der Waals surface area (Å²) in [7, 11) is 1.84. The van der Waals surface area contributed by atoms with Crippen molar-refractivity contribution in [1.29, 1.82) is 0 Å². The van der Waals surface area contributed by atoms with Gasteiger partial charge < -0.3 is 24.4 Å². The molecule has 0 aromatic carbocycles. The second kappa shape index (κ2) is 11.9. The number of piperazine rings is 1. The summed E-state index contributed by atoms with van der Waals surface area (Å²) < 4.78 is 10.4. The van der Waals surface area contributed by atoms with Crippen molar-refractivity contribution in [2.45, 2.75) is 45.8 Å². The number of nitrogens with one attached hydrogen (secondary N) is 1. The van der Waals surface area contributed by atoms with Crippen molar-refractivity contribution in [2.75, 3.05) is 52.9 Å². The zero-order chi connectivity index (χ0) is 21.6. The minimum absolute atomic E-state index is 0. The van der Waals surface area contributed by atoms with E-state index in [1.54, 1.807) is 6.26 Å². The van der Waals surface area contributed by atoms with Crippen LogP contribution in [0.1, 0.15) is 39.3 Å². The average Bonchev–Trinajstić information content (AvgIpc) is 3.22. The Bertz CT molecular complexity index is 690. The molecule has 0 unspecified atom stereocenters. The molecule has 0 atom stereocenters. The number of hydrogen-bond acceptors (Lipinski definition) is 6. The molecule has 2 saturated heterocycles. The lowest BCUT2D eigenvalue weighted by molar-refractivity contribution is 0.0185. The van der Waals surface area contributed by atoms with Gasteiger partial charge in [-0.25, -0.2) is 4.79 Å². The number of carbonyl (C=O) groups excluding carboxylic acids is 1. The Balaban J connectivity index is 0.00000341. The highest BCUT2D eigenvalue weighted by atomic mass is 127. The van der Waals surface area contributed by atoms with Crippen LogP contribution in [-0.2, 0) is 11.3 Å². The fourth-order valence-corrected chi connectivity index (χ4v) is 3.88. The largest absolute Gasteiger partial charge is 0.444 e. The highest BCUT2D eigenvalue weighted by molar-refractivity contribution is 14.0. The third-order valence-electron chi connectivity index (χ3n) is 5.58. The fourth-order valence-electron chi connectivity index (χ4n) is 3.88. The minimum atomic E-state index is -0.443. The van der Waals surface area contributed by atoms with Crippen molar-refractivity contribution in [2.24, 2.45) is 10.9 Å². The number of aliphatic imine (C=N–C) groups is 1. The minimum Gasteiger partial charge on any atom is -0.444 e. The van der Waals surface area contributed by atoms with Gasteiger partial charge in [0.25, 0.3) is 0 Å². The Labute approximate surface area is 202 Å². The van der Waals surface area contributed by atoms with Crippen molar-refractivity contribution < 1.29 is 14.1 Å². The smallest absolute Gasteiger partial charge is 0.410 e. The van der Waals surface area contributed by atoms with Gasteiger partial charge in [-0.1, -0.05) is 5.16 Å². The lowest BCUT2D eigenvalue weighted by atomic mass is 9.97. The van der Waals surface area contributed by atoms with Crippen molar-refractivity contribution in [3.63, 3.8) is 0 Å². The van der Waals surface area contributed by atoms with Gasteiger partial charge in [-0.15, -0.1) is 24.0 Å².